The Morgan fingerprint density at radius 1 is 1.44 bits per heavy atom. The molecule has 2 rings (SSSR count). The first-order valence-corrected chi connectivity index (χ1v) is 11.3. The predicted molar refractivity (Wildman–Crippen MR) is 101 cm³/mol. The van der Waals surface area contributed by atoms with E-state index >= 15 is 0 Å². The largest absolute Gasteiger partial charge is 0.748 e. The molecule has 0 radical (unpaired) electrons. The van der Waals surface area contributed by atoms with Gasteiger partial charge in [0.2, 0.25) is 5.52 Å². The van der Waals surface area contributed by atoms with Gasteiger partial charge in [0.25, 0.3) is 5.01 Å². The number of nitrogens with zero attached hydrogens (tertiary/aromatic N) is 1. The summed E-state index contributed by atoms with van der Waals surface area (Å²) in [7, 11) is -2.62. The van der Waals surface area contributed by atoms with Crippen LogP contribution in [0.4, 0.5) is 0 Å². The molecule has 0 aliphatic carbocycles. The number of hydrogen-bond donors (Lipinski definition) is 0. The second-order valence-corrected chi connectivity index (χ2v) is 8.54. The molecule has 0 atom stereocenters. The molecule has 2 aromatic rings. The Morgan fingerprint density at radius 2 is 2.20 bits per heavy atom. The van der Waals surface area contributed by atoms with Crippen molar-refractivity contribution < 1.29 is 27.0 Å². The Hall–Kier alpha value is -1.29. The van der Waals surface area contributed by atoms with Gasteiger partial charge in [-0.05, 0) is 25.3 Å². The fourth-order valence-corrected chi connectivity index (χ4v) is 4.47. The molecule has 0 bridgehead atoms. The van der Waals surface area contributed by atoms with Gasteiger partial charge in [0.05, 0.1) is 36.0 Å². The number of fused-ring (bicyclic) bond motifs is 1. The van der Waals surface area contributed by atoms with Crippen molar-refractivity contribution in [3.05, 3.63) is 28.3 Å². The summed E-state index contributed by atoms with van der Waals surface area (Å²) in [6.45, 7) is 2.92. The number of methoxy groups -OCH3 is 1. The summed E-state index contributed by atoms with van der Waals surface area (Å²) in [6.07, 6.45) is 4.13. The minimum Gasteiger partial charge on any atom is -0.748 e. The zero-order chi connectivity index (χ0) is 18.4. The smallest absolute Gasteiger partial charge is 0.267 e. The lowest BCUT2D eigenvalue weighted by Crippen LogP contribution is -2.36. The monoisotopic (exact) mass is 403 g/mol. The van der Waals surface area contributed by atoms with Crippen LogP contribution >= 0.6 is 23.1 Å². The fraction of sp³-hybridized carbons (Fsp3) is 0.438. The molecular formula is C16H21NO5S3. The van der Waals surface area contributed by atoms with E-state index in [1.165, 1.54) is 11.8 Å². The summed E-state index contributed by atoms with van der Waals surface area (Å²) in [5.74, 6) is 0.339. The van der Waals surface area contributed by atoms with E-state index in [9.17, 15) is 13.0 Å². The Labute approximate surface area is 156 Å². The van der Waals surface area contributed by atoms with Gasteiger partial charge in [0, 0.05) is 12.2 Å². The summed E-state index contributed by atoms with van der Waals surface area (Å²) in [4.78, 5) is 0. The van der Waals surface area contributed by atoms with Crippen molar-refractivity contribution in [3.63, 3.8) is 0 Å². The zero-order valence-electron chi connectivity index (χ0n) is 14.4. The molecule has 0 aliphatic heterocycles. The molecule has 138 valence electrons. The number of rotatable bonds is 9. The van der Waals surface area contributed by atoms with Crippen LogP contribution in [-0.2, 0) is 21.4 Å². The molecule has 0 saturated heterocycles. The fourth-order valence-electron chi connectivity index (χ4n) is 2.35. The quantitative estimate of drug-likeness (QED) is 0.364. The SMILES string of the molecule is CCOC(=Cc1sc2ccc(OC)cc2[n+]1CCCS(=O)(=O)[O-])SC. The Kier molecular flexibility index (Phi) is 7.12. The van der Waals surface area contributed by atoms with Gasteiger partial charge in [0.1, 0.15) is 10.4 Å². The summed E-state index contributed by atoms with van der Waals surface area (Å²) >= 11 is 3.09. The predicted octanol–water partition coefficient (Wildman–Crippen LogP) is 2.83. The van der Waals surface area contributed by atoms with Crippen LogP contribution < -0.4 is 9.30 Å². The van der Waals surface area contributed by atoms with Crippen molar-refractivity contribution in [1.29, 1.82) is 0 Å². The Bertz CT molecular complexity index is 858. The maximum atomic E-state index is 10.9. The number of aryl methyl sites for hydroxylation is 1. The van der Waals surface area contributed by atoms with Gasteiger partial charge in [-0.3, -0.25) is 0 Å². The van der Waals surface area contributed by atoms with E-state index in [1.807, 2.05) is 42.0 Å². The summed E-state index contributed by atoms with van der Waals surface area (Å²) in [5.41, 5.74) is 0.941. The van der Waals surface area contributed by atoms with E-state index in [2.05, 4.69) is 0 Å². The number of hydrogen-bond acceptors (Lipinski definition) is 7. The van der Waals surface area contributed by atoms with Crippen LogP contribution in [0.5, 0.6) is 5.75 Å². The van der Waals surface area contributed by atoms with Crippen LogP contribution in [0.25, 0.3) is 16.3 Å². The topological polar surface area (TPSA) is 79.5 Å². The average Bonchev–Trinajstić information content (AvgIpc) is 2.90. The minimum atomic E-state index is -4.22. The van der Waals surface area contributed by atoms with Crippen LogP contribution in [0.1, 0.15) is 18.4 Å². The molecule has 1 aromatic heterocycles. The summed E-state index contributed by atoms with van der Waals surface area (Å²) in [5, 5.41) is 1.72. The standard InChI is InChI=1S/C16H21NO5S3/c1-4-22-16(23-3)11-15-17(8-5-9-25(18,19)20)13-10-12(21-2)6-7-14(13)24-15/h6-7,10-11H,4-5,8-9H2,1-3H3. The molecule has 0 fully saturated rings. The van der Waals surface area contributed by atoms with Crippen molar-refractivity contribution in [3.8, 4) is 5.75 Å². The lowest BCUT2D eigenvalue weighted by Gasteiger charge is -2.05. The van der Waals surface area contributed by atoms with Crippen molar-refractivity contribution in [2.45, 2.75) is 19.9 Å². The molecule has 25 heavy (non-hydrogen) atoms. The molecule has 9 heteroatoms. The first-order valence-electron chi connectivity index (χ1n) is 7.70. The third-order valence-electron chi connectivity index (χ3n) is 3.44. The Balaban J connectivity index is 2.45. The second kappa shape index (κ2) is 8.88. The molecule has 0 spiro atoms. The van der Waals surface area contributed by atoms with Crippen LogP contribution in [0.2, 0.25) is 0 Å². The van der Waals surface area contributed by atoms with E-state index < -0.39 is 10.1 Å². The molecule has 6 nitrogen and oxygen atoms in total. The van der Waals surface area contributed by atoms with Crippen LogP contribution in [0.3, 0.4) is 0 Å². The number of aromatic nitrogens is 1. The van der Waals surface area contributed by atoms with Crippen molar-refractivity contribution >= 4 is 49.5 Å². The van der Waals surface area contributed by atoms with E-state index in [0.717, 1.165) is 26.1 Å². The average molecular weight is 404 g/mol. The lowest BCUT2D eigenvalue weighted by atomic mass is 10.3. The third kappa shape index (κ3) is 5.60. The highest BCUT2D eigenvalue weighted by Gasteiger charge is 2.21. The highest BCUT2D eigenvalue weighted by Crippen LogP contribution is 2.27. The first kappa shape index (κ1) is 20.0. The molecule has 0 aliphatic rings. The van der Waals surface area contributed by atoms with Gasteiger partial charge in [0.15, 0.2) is 11.6 Å². The highest BCUT2D eigenvalue weighted by atomic mass is 32.2. The molecule has 1 heterocycles. The van der Waals surface area contributed by atoms with Gasteiger partial charge in [-0.15, -0.1) is 0 Å². The number of ether oxygens (including phenoxy) is 2. The molecule has 0 N–H and O–H groups in total. The minimum absolute atomic E-state index is 0.254. The zero-order valence-corrected chi connectivity index (χ0v) is 16.8. The van der Waals surface area contributed by atoms with Gasteiger partial charge in [-0.2, -0.15) is 4.57 Å². The van der Waals surface area contributed by atoms with Crippen LogP contribution in [0.15, 0.2) is 23.3 Å². The summed E-state index contributed by atoms with van der Waals surface area (Å²) < 4.78 is 46.6. The number of benzene rings is 1. The lowest BCUT2D eigenvalue weighted by molar-refractivity contribution is -0.668. The van der Waals surface area contributed by atoms with Gasteiger partial charge in [-0.1, -0.05) is 23.1 Å². The molecule has 0 amide bonds. The molecule has 1 aromatic carbocycles. The molecular weight excluding hydrogens is 382 g/mol. The van der Waals surface area contributed by atoms with Crippen molar-refractivity contribution in [2.24, 2.45) is 0 Å². The van der Waals surface area contributed by atoms with Gasteiger partial charge in [-0.25, -0.2) is 8.42 Å². The maximum Gasteiger partial charge on any atom is 0.267 e. The molecule has 0 unspecified atom stereocenters. The van der Waals surface area contributed by atoms with Crippen LogP contribution in [0, 0.1) is 0 Å². The second-order valence-electron chi connectivity index (χ2n) is 5.14. The van der Waals surface area contributed by atoms with E-state index in [0.29, 0.717) is 13.2 Å². The third-order valence-corrected chi connectivity index (χ3v) is 5.98. The first-order chi connectivity index (χ1) is 11.9. The van der Waals surface area contributed by atoms with E-state index in [4.69, 9.17) is 9.47 Å². The van der Waals surface area contributed by atoms with E-state index in [-0.39, 0.29) is 12.2 Å². The molecule has 0 saturated carbocycles. The Morgan fingerprint density at radius 3 is 2.80 bits per heavy atom. The van der Waals surface area contributed by atoms with Crippen molar-refractivity contribution in [2.75, 3.05) is 25.7 Å². The van der Waals surface area contributed by atoms with Crippen molar-refractivity contribution in [1.82, 2.24) is 0 Å². The maximum absolute atomic E-state index is 10.9. The number of thiazole rings is 1. The normalized spacial score (nSPS) is 12.6. The van der Waals surface area contributed by atoms with Gasteiger partial charge < -0.3 is 14.0 Å². The highest BCUT2D eigenvalue weighted by molar-refractivity contribution is 8.02. The van der Waals surface area contributed by atoms with Gasteiger partial charge >= 0.3 is 0 Å². The van der Waals surface area contributed by atoms with E-state index in [1.54, 1.807) is 18.4 Å². The van der Waals surface area contributed by atoms with Crippen LogP contribution in [-0.4, -0.2) is 38.7 Å². The number of thioether (sulfide) groups is 1. The summed E-state index contributed by atoms with van der Waals surface area (Å²) in [6, 6.07) is 5.77.